The summed E-state index contributed by atoms with van der Waals surface area (Å²) >= 11 is 5.85. The maximum Gasteiger partial charge on any atom is 0.333 e. The lowest BCUT2D eigenvalue weighted by atomic mass is 10.2. The molecule has 0 N–H and O–H groups in total. The first-order valence-electron chi connectivity index (χ1n) is 5.09. The monoisotopic (exact) mass is 255 g/mol. The molecule has 5 heteroatoms. The van der Waals surface area contributed by atoms with Gasteiger partial charge in [-0.1, -0.05) is 23.7 Å². The number of esters is 1. The Morgan fingerprint density at radius 1 is 1.53 bits per heavy atom. The number of rotatable bonds is 3. The number of hydrogen-bond acceptors (Lipinski definition) is 3. The zero-order valence-corrected chi connectivity index (χ0v) is 10.00. The fourth-order valence-electron chi connectivity index (χ4n) is 1.61. The Hall–Kier alpha value is -1.55. The fraction of sp³-hybridized carbons (Fsp3) is 0.250. The number of likely N-dealkylation sites (N-methyl/N-ethyl adjacent to an activating group) is 1. The summed E-state index contributed by atoms with van der Waals surface area (Å²) in [7, 11) is 1.80. The highest BCUT2D eigenvalue weighted by atomic mass is 35.5. The average Bonchev–Trinajstić information content (AvgIpc) is 2.72. The molecule has 1 aromatic rings. The number of cyclic esters (lactones) is 1. The Morgan fingerprint density at radius 3 is 2.94 bits per heavy atom. The van der Waals surface area contributed by atoms with Crippen LogP contribution in [0, 0.1) is 5.82 Å². The largest absolute Gasteiger partial charge is 0.456 e. The number of halogens is 2. The number of carbonyl (C=O) groups excluding carboxylic acids is 1. The molecule has 0 radical (unpaired) electrons. The number of benzene rings is 1. The first-order valence-corrected chi connectivity index (χ1v) is 5.47. The molecule has 17 heavy (non-hydrogen) atoms. The van der Waals surface area contributed by atoms with Gasteiger partial charge in [-0.05, 0) is 11.6 Å². The predicted octanol–water partition coefficient (Wildman–Crippen LogP) is 2.35. The summed E-state index contributed by atoms with van der Waals surface area (Å²) in [6.07, 6.45) is 1.42. The van der Waals surface area contributed by atoms with Crippen LogP contribution in [0.15, 0.2) is 30.0 Å². The van der Waals surface area contributed by atoms with Crippen LogP contribution in [-0.2, 0) is 16.1 Å². The predicted molar refractivity (Wildman–Crippen MR) is 61.9 cm³/mol. The third-order valence-corrected chi connectivity index (χ3v) is 3.00. The van der Waals surface area contributed by atoms with Gasteiger partial charge in [0.1, 0.15) is 12.4 Å². The minimum absolute atomic E-state index is 0.116. The molecule has 2 rings (SSSR count). The second kappa shape index (κ2) is 4.75. The summed E-state index contributed by atoms with van der Waals surface area (Å²) in [4.78, 5) is 12.7. The van der Waals surface area contributed by atoms with Gasteiger partial charge in [-0.3, -0.25) is 0 Å². The van der Waals surface area contributed by atoms with E-state index in [9.17, 15) is 9.18 Å². The van der Waals surface area contributed by atoms with Crippen molar-refractivity contribution in [3.63, 3.8) is 0 Å². The van der Waals surface area contributed by atoms with Gasteiger partial charge >= 0.3 is 5.97 Å². The van der Waals surface area contributed by atoms with E-state index in [1.165, 1.54) is 12.1 Å². The molecule has 90 valence electrons. The lowest BCUT2D eigenvalue weighted by molar-refractivity contribution is -0.135. The van der Waals surface area contributed by atoms with Crippen LogP contribution in [0.4, 0.5) is 4.39 Å². The van der Waals surface area contributed by atoms with Crippen molar-refractivity contribution in [1.29, 1.82) is 0 Å². The van der Waals surface area contributed by atoms with Gasteiger partial charge in [0.25, 0.3) is 0 Å². The minimum Gasteiger partial charge on any atom is -0.456 e. The van der Waals surface area contributed by atoms with Crippen molar-refractivity contribution in [3.8, 4) is 0 Å². The third kappa shape index (κ3) is 2.58. The quantitative estimate of drug-likeness (QED) is 0.777. The Kier molecular flexibility index (Phi) is 3.33. The van der Waals surface area contributed by atoms with E-state index < -0.39 is 5.82 Å². The molecule has 0 amide bonds. The normalized spacial score (nSPS) is 14.5. The van der Waals surface area contributed by atoms with Gasteiger partial charge in [-0.15, -0.1) is 0 Å². The van der Waals surface area contributed by atoms with Crippen molar-refractivity contribution >= 4 is 17.6 Å². The summed E-state index contributed by atoms with van der Waals surface area (Å²) < 4.78 is 18.0. The zero-order valence-electron chi connectivity index (χ0n) is 9.24. The maximum absolute atomic E-state index is 13.2. The van der Waals surface area contributed by atoms with Crippen LogP contribution in [-0.4, -0.2) is 24.5 Å². The first-order chi connectivity index (χ1) is 8.08. The molecule has 0 saturated carbocycles. The smallest absolute Gasteiger partial charge is 0.333 e. The van der Waals surface area contributed by atoms with Crippen molar-refractivity contribution in [3.05, 3.63) is 46.4 Å². The number of ether oxygens (including phenoxy) is 1. The van der Waals surface area contributed by atoms with E-state index in [1.54, 1.807) is 19.2 Å². The maximum atomic E-state index is 13.2. The minimum atomic E-state index is -0.440. The topological polar surface area (TPSA) is 29.5 Å². The Labute approximate surface area is 103 Å². The van der Waals surface area contributed by atoms with E-state index >= 15 is 0 Å². The molecule has 0 bridgehead atoms. The molecule has 1 aromatic carbocycles. The van der Waals surface area contributed by atoms with Crippen molar-refractivity contribution in [2.24, 2.45) is 0 Å². The van der Waals surface area contributed by atoms with Crippen LogP contribution in [0.1, 0.15) is 5.56 Å². The van der Waals surface area contributed by atoms with E-state index in [1.807, 2.05) is 4.90 Å². The van der Waals surface area contributed by atoms with E-state index in [0.29, 0.717) is 12.1 Å². The number of carbonyl (C=O) groups is 1. The van der Waals surface area contributed by atoms with E-state index in [0.717, 1.165) is 5.70 Å². The summed E-state index contributed by atoms with van der Waals surface area (Å²) in [5.41, 5.74) is 1.43. The summed E-state index contributed by atoms with van der Waals surface area (Å²) in [6.45, 7) is 0.682. The highest BCUT2D eigenvalue weighted by molar-refractivity contribution is 6.31. The van der Waals surface area contributed by atoms with E-state index in [2.05, 4.69) is 0 Å². The van der Waals surface area contributed by atoms with Crippen molar-refractivity contribution in [2.45, 2.75) is 6.54 Å². The fourth-order valence-corrected chi connectivity index (χ4v) is 1.80. The van der Waals surface area contributed by atoms with E-state index in [-0.39, 0.29) is 17.6 Å². The molecule has 0 fully saturated rings. The lowest BCUT2D eigenvalue weighted by Crippen LogP contribution is -2.18. The summed E-state index contributed by atoms with van der Waals surface area (Å²) in [5, 5.41) is 0.116. The van der Waals surface area contributed by atoms with Gasteiger partial charge in [0.15, 0.2) is 0 Å². The Bertz CT molecular complexity index is 487. The molecule has 3 nitrogen and oxygen atoms in total. The van der Waals surface area contributed by atoms with Gasteiger partial charge in [0.05, 0.1) is 10.7 Å². The molecule has 0 saturated heterocycles. The standard InChI is InChI=1S/C12H11ClFNO2/c1-15(9-5-11(16)17-7-9)6-8-3-2-4-10(14)12(8)13/h2-5H,6-7H2,1H3. The highest BCUT2D eigenvalue weighted by Crippen LogP contribution is 2.22. The second-order valence-corrected chi connectivity index (χ2v) is 4.19. The zero-order chi connectivity index (χ0) is 12.4. The molecule has 0 unspecified atom stereocenters. The third-order valence-electron chi connectivity index (χ3n) is 2.58. The van der Waals surface area contributed by atoms with Crippen LogP contribution in [0.25, 0.3) is 0 Å². The van der Waals surface area contributed by atoms with Crippen LogP contribution in [0.5, 0.6) is 0 Å². The molecule has 1 heterocycles. The van der Waals surface area contributed by atoms with Gasteiger partial charge in [0, 0.05) is 19.7 Å². The van der Waals surface area contributed by atoms with Crippen LogP contribution >= 0.6 is 11.6 Å². The van der Waals surface area contributed by atoms with Gasteiger partial charge in [0.2, 0.25) is 0 Å². The average molecular weight is 256 g/mol. The highest BCUT2D eigenvalue weighted by Gasteiger charge is 2.17. The van der Waals surface area contributed by atoms with Crippen LogP contribution < -0.4 is 0 Å². The summed E-state index contributed by atoms with van der Waals surface area (Å²) in [5.74, 6) is -0.789. The van der Waals surface area contributed by atoms with Crippen LogP contribution in [0.2, 0.25) is 5.02 Å². The molecule has 1 aliphatic heterocycles. The lowest BCUT2D eigenvalue weighted by Gasteiger charge is -2.19. The van der Waals surface area contributed by atoms with Crippen molar-refractivity contribution in [2.75, 3.05) is 13.7 Å². The second-order valence-electron chi connectivity index (χ2n) is 3.81. The molecule has 0 spiro atoms. The van der Waals surface area contributed by atoms with Gasteiger partial charge < -0.3 is 9.64 Å². The SMILES string of the molecule is CN(Cc1cccc(F)c1Cl)C1=CC(=O)OC1. The van der Waals surface area contributed by atoms with Crippen LogP contribution in [0.3, 0.4) is 0 Å². The Morgan fingerprint density at radius 2 is 2.29 bits per heavy atom. The van der Waals surface area contributed by atoms with Gasteiger partial charge in [-0.25, -0.2) is 9.18 Å². The summed E-state index contributed by atoms with van der Waals surface area (Å²) in [6, 6.07) is 4.67. The molecule has 1 aliphatic rings. The molecular formula is C12H11ClFNO2. The molecule has 0 atom stereocenters. The number of nitrogens with zero attached hydrogens (tertiary/aromatic N) is 1. The van der Waals surface area contributed by atoms with Crippen molar-refractivity contribution < 1.29 is 13.9 Å². The number of hydrogen-bond donors (Lipinski definition) is 0. The molecule has 0 aromatic heterocycles. The van der Waals surface area contributed by atoms with Crippen molar-refractivity contribution in [1.82, 2.24) is 4.90 Å². The van der Waals surface area contributed by atoms with E-state index in [4.69, 9.17) is 16.3 Å². The molecule has 0 aliphatic carbocycles. The first kappa shape index (κ1) is 11.9. The molecular weight excluding hydrogens is 245 g/mol. The van der Waals surface area contributed by atoms with Gasteiger partial charge in [-0.2, -0.15) is 0 Å². The Balaban J connectivity index is 2.13.